The van der Waals surface area contributed by atoms with Crippen molar-refractivity contribution in [2.24, 2.45) is 0 Å². The Hall–Kier alpha value is -3.60. The number of H-pyrrole nitrogens is 1. The molecule has 34 heavy (non-hydrogen) atoms. The molecule has 0 radical (unpaired) electrons. The zero-order chi connectivity index (χ0) is 23.2. The Morgan fingerprint density at radius 3 is 2.91 bits per heavy atom. The number of pyridine rings is 1. The minimum Gasteiger partial charge on any atom is -0.392 e. The second kappa shape index (κ2) is 8.32. The number of aromatic amines is 1. The van der Waals surface area contributed by atoms with E-state index >= 15 is 0 Å². The van der Waals surface area contributed by atoms with E-state index in [1.807, 2.05) is 11.0 Å². The van der Waals surface area contributed by atoms with Crippen molar-refractivity contribution in [3.63, 3.8) is 0 Å². The Labute approximate surface area is 195 Å². The van der Waals surface area contributed by atoms with E-state index in [1.54, 1.807) is 0 Å². The second-order valence-electron chi connectivity index (χ2n) is 9.10. The van der Waals surface area contributed by atoms with Gasteiger partial charge in [-0.3, -0.25) is 9.89 Å². The van der Waals surface area contributed by atoms with Crippen LogP contribution in [0.15, 0.2) is 24.4 Å². The Morgan fingerprint density at radius 1 is 1.24 bits per heavy atom. The van der Waals surface area contributed by atoms with E-state index in [1.165, 1.54) is 18.3 Å². The lowest BCUT2D eigenvalue weighted by molar-refractivity contribution is -0.117. The largest absolute Gasteiger partial charge is 0.392 e. The van der Waals surface area contributed by atoms with Crippen molar-refractivity contribution in [1.29, 1.82) is 0 Å². The molecule has 3 aromatic heterocycles. The Bertz CT molecular complexity index is 1230. The van der Waals surface area contributed by atoms with E-state index < -0.39 is 12.0 Å². The third-order valence-electron chi connectivity index (χ3n) is 6.73. The molecule has 1 aliphatic heterocycles. The number of rotatable bonds is 6. The summed E-state index contributed by atoms with van der Waals surface area (Å²) in [6.07, 6.45) is 6.03. The average Bonchev–Trinajstić information content (AvgIpc) is 3.29. The monoisotopic (exact) mass is 464 g/mol. The van der Waals surface area contributed by atoms with Gasteiger partial charge >= 0.3 is 0 Å². The summed E-state index contributed by atoms with van der Waals surface area (Å²) in [6.45, 7) is 0.671. The molecule has 3 aliphatic rings. The Morgan fingerprint density at radius 2 is 2.12 bits per heavy atom. The van der Waals surface area contributed by atoms with Crippen molar-refractivity contribution in [3.8, 4) is 0 Å². The topological polar surface area (TPSA) is 132 Å². The molecule has 2 unspecified atom stereocenters. The highest BCUT2D eigenvalue weighted by atomic mass is 19.1. The van der Waals surface area contributed by atoms with Crippen LogP contribution in [0.1, 0.15) is 48.6 Å². The van der Waals surface area contributed by atoms with Gasteiger partial charge < -0.3 is 20.6 Å². The third kappa shape index (κ3) is 3.96. The van der Waals surface area contributed by atoms with Gasteiger partial charge in [-0.25, -0.2) is 9.97 Å². The van der Waals surface area contributed by atoms with Crippen LogP contribution in [0.5, 0.6) is 0 Å². The van der Waals surface area contributed by atoms with Gasteiger partial charge in [0, 0.05) is 29.8 Å². The highest BCUT2D eigenvalue weighted by molar-refractivity contribution is 5.96. The highest BCUT2D eigenvalue weighted by Gasteiger charge is 2.38. The number of carbonyl (C=O) groups is 1. The molecule has 0 bridgehead atoms. The molecule has 6 rings (SSSR count). The van der Waals surface area contributed by atoms with E-state index in [4.69, 9.17) is 9.97 Å². The number of aryl methyl sites for hydroxylation is 1. The molecule has 2 aliphatic carbocycles. The molecular weight excluding hydrogens is 439 g/mol. The van der Waals surface area contributed by atoms with Crippen molar-refractivity contribution in [2.45, 2.75) is 56.6 Å². The Balaban J connectivity index is 1.24. The lowest BCUT2D eigenvalue weighted by atomic mass is 10.2. The zero-order valence-electron chi connectivity index (χ0n) is 18.5. The van der Waals surface area contributed by atoms with Crippen molar-refractivity contribution in [2.75, 3.05) is 22.1 Å². The number of aliphatic hydroxyl groups is 1. The lowest BCUT2D eigenvalue weighted by Crippen LogP contribution is -2.40. The fourth-order valence-electron chi connectivity index (χ4n) is 4.83. The van der Waals surface area contributed by atoms with E-state index in [2.05, 4.69) is 25.8 Å². The van der Waals surface area contributed by atoms with E-state index in [0.29, 0.717) is 36.2 Å². The maximum absolute atomic E-state index is 13.1. The fraction of sp³-hybridized carbons (Fsp3) is 0.435. The zero-order valence-corrected chi connectivity index (χ0v) is 18.5. The minimum atomic E-state index is -0.593. The van der Waals surface area contributed by atoms with Gasteiger partial charge in [0.05, 0.1) is 23.7 Å². The lowest BCUT2D eigenvalue weighted by Gasteiger charge is -2.25. The molecule has 10 nitrogen and oxygen atoms in total. The summed E-state index contributed by atoms with van der Waals surface area (Å²) in [5, 5.41) is 23.2. The normalized spacial score (nSPS) is 23.1. The number of carbonyl (C=O) groups excluding carboxylic acids is 1. The maximum atomic E-state index is 13.1. The standard InChI is InChI=1S/C23H25FN8O2/c24-19-7-6-12(11-25-19)26-22(34)17-5-2-8-32(17)23-27-15-4-1-3-13(15)21(29-23)28-20-10-16(30-31-20)14-9-18(14)33/h6-7,10-11,14,17-18,33H,1-5,8-9H2,(H,26,34)(H2,27,28,29,30,31)/t14?,17-,18?/m0/s1. The quantitative estimate of drug-likeness (QED) is 0.409. The second-order valence-corrected chi connectivity index (χ2v) is 9.10. The van der Waals surface area contributed by atoms with Crippen LogP contribution in [-0.4, -0.2) is 54.9 Å². The molecule has 4 heterocycles. The number of anilines is 4. The molecule has 0 aromatic carbocycles. The van der Waals surface area contributed by atoms with Crippen molar-refractivity contribution < 1.29 is 14.3 Å². The van der Waals surface area contributed by atoms with Crippen molar-refractivity contribution >= 4 is 29.2 Å². The smallest absolute Gasteiger partial charge is 0.247 e. The summed E-state index contributed by atoms with van der Waals surface area (Å²) < 4.78 is 13.1. The van der Waals surface area contributed by atoms with Crippen molar-refractivity contribution in [1.82, 2.24) is 25.1 Å². The molecule has 3 atom stereocenters. The molecule has 176 valence electrons. The summed E-state index contributed by atoms with van der Waals surface area (Å²) in [7, 11) is 0. The first-order valence-corrected chi connectivity index (χ1v) is 11.6. The number of aromatic nitrogens is 5. The number of nitrogens with one attached hydrogen (secondary N) is 3. The van der Waals surface area contributed by atoms with Gasteiger partial charge in [0.25, 0.3) is 0 Å². The van der Waals surface area contributed by atoms with Crippen LogP contribution >= 0.6 is 0 Å². The molecule has 0 spiro atoms. The molecule has 1 saturated heterocycles. The number of hydrogen-bond donors (Lipinski definition) is 4. The summed E-state index contributed by atoms with van der Waals surface area (Å²) in [6, 6.07) is 4.19. The van der Waals surface area contributed by atoms with Gasteiger partial charge in [0.2, 0.25) is 17.8 Å². The molecule has 2 fully saturated rings. The average molecular weight is 465 g/mol. The maximum Gasteiger partial charge on any atom is 0.247 e. The van der Waals surface area contributed by atoms with Crippen LogP contribution in [0.2, 0.25) is 0 Å². The van der Waals surface area contributed by atoms with Crippen LogP contribution < -0.4 is 15.5 Å². The SMILES string of the molecule is O=C(Nc1ccc(F)nc1)[C@@H]1CCCN1c1nc2c(c(Nc3cc(C4CC4O)[nH]n3)n1)CCC2. The first kappa shape index (κ1) is 21.0. The number of fused-ring (bicyclic) bond motifs is 1. The summed E-state index contributed by atoms with van der Waals surface area (Å²) in [5.74, 6) is 1.21. The van der Waals surface area contributed by atoms with Gasteiger partial charge in [-0.15, -0.1) is 0 Å². The first-order valence-electron chi connectivity index (χ1n) is 11.6. The molecule has 11 heteroatoms. The van der Waals surface area contributed by atoms with Gasteiger partial charge in [-0.05, 0) is 50.7 Å². The Kier molecular flexibility index (Phi) is 5.13. The molecule has 3 aromatic rings. The molecule has 1 amide bonds. The van der Waals surface area contributed by atoms with Gasteiger partial charge in [0.15, 0.2) is 5.82 Å². The van der Waals surface area contributed by atoms with E-state index in [9.17, 15) is 14.3 Å². The molecule has 1 saturated carbocycles. The molecule has 4 N–H and O–H groups in total. The minimum absolute atomic E-state index is 0.120. The first-order chi connectivity index (χ1) is 16.5. The van der Waals surface area contributed by atoms with Crippen LogP contribution in [0.4, 0.5) is 27.7 Å². The highest BCUT2D eigenvalue weighted by Crippen LogP contribution is 2.40. The van der Waals surface area contributed by atoms with E-state index in [-0.39, 0.29) is 17.9 Å². The number of halogens is 1. The fourth-order valence-corrected chi connectivity index (χ4v) is 4.83. The van der Waals surface area contributed by atoms with Crippen LogP contribution in [0.25, 0.3) is 0 Å². The van der Waals surface area contributed by atoms with Crippen LogP contribution in [0, 0.1) is 5.95 Å². The number of hydrogen-bond acceptors (Lipinski definition) is 8. The summed E-state index contributed by atoms with van der Waals surface area (Å²) in [4.78, 5) is 28.2. The number of amides is 1. The predicted molar refractivity (Wildman–Crippen MR) is 122 cm³/mol. The van der Waals surface area contributed by atoms with Crippen molar-refractivity contribution in [3.05, 3.63) is 47.3 Å². The van der Waals surface area contributed by atoms with E-state index in [0.717, 1.165) is 49.1 Å². The molecular formula is C23H25FN8O2. The van der Waals surface area contributed by atoms with Gasteiger partial charge in [0.1, 0.15) is 11.9 Å². The third-order valence-corrected chi connectivity index (χ3v) is 6.73. The number of nitrogens with zero attached hydrogens (tertiary/aromatic N) is 5. The van der Waals surface area contributed by atoms with Gasteiger partial charge in [-0.1, -0.05) is 0 Å². The summed E-state index contributed by atoms with van der Waals surface area (Å²) in [5.41, 5.74) is 3.44. The van der Waals surface area contributed by atoms with Gasteiger partial charge in [-0.2, -0.15) is 14.5 Å². The number of aliphatic hydroxyl groups excluding tert-OH is 1. The van der Waals surface area contributed by atoms with Crippen LogP contribution in [-0.2, 0) is 17.6 Å². The predicted octanol–water partition coefficient (Wildman–Crippen LogP) is 2.42. The van der Waals surface area contributed by atoms with Crippen LogP contribution in [0.3, 0.4) is 0 Å². The summed E-state index contributed by atoms with van der Waals surface area (Å²) >= 11 is 0.